The molecular formula is C12H16FN5OS. The van der Waals surface area contributed by atoms with Gasteiger partial charge in [-0.05, 0) is 35.0 Å². The van der Waals surface area contributed by atoms with Crippen molar-refractivity contribution in [1.29, 1.82) is 0 Å². The van der Waals surface area contributed by atoms with Crippen molar-refractivity contribution in [1.82, 2.24) is 20.2 Å². The molecule has 20 heavy (non-hydrogen) atoms. The van der Waals surface area contributed by atoms with Gasteiger partial charge in [0.2, 0.25) is 0 Å². The van der Waals surface area contributed by atoms with Gasteiger partial charge in [-0.15, -0.1) is 5.10 Å². The molecule has 2 atom stereocenters. The van der Waals surface area contributed by atoms with Gasteiger partial charge in [0.15, 0.2) is 5.82 Å². The summed E-state index contributed by atoms with van der Waals surface area (Å²) in [6.45, 7) is 2.37. The summed E-state index contributed by atoms with van der Waals surface area (Å²) in [5, 5.41) is 11.3. The van der Waals surface area contributed by atoms with Crippen molar-refractivity contribution in [3.63, 3.8) is 0 Å². The average Bonchev–Trinajstić information content (AvgIpc) is 2.84. The molecule has 2 N–H and O–H groups in total. The number of anilines is 1. The van der Waals surface area contributed by atoms with Crippen LogP contribution in [0.4, 0.5) is 10.1 Å². The van der Waals surface area contributed by atoms with Crippen molar-refractivity contribution >= 4 is 16.5 Å². The zero-order valence-electron chi connectivity index (χ0n) is 11.3. The van der Waals surface area contributed by atoms with Crippen LogP contribution in [0, 0.1) is 5.82 Å². The first kappa shape index (κ1) is 14.6. The third kappa shape index (κ3) is 3.19. The van der Waals surface area contributed by atoms with Gasteiger partial charge in [-0.1, -0.05) is 6.92 Å². The highest BCUT2D eigenvalue weighted by Gasteiger charge is 2.15. The molecule has 0 saturated carbocycles. The molecule has 2 unspecified atom stereocenters. The lowest BCUT2D eigenvalue weighted by Gasteiger charge is -2.09. The summed E-state index contributed by atoms with van der Waals surface area (Å²) in [6, 6.07) is 4.38. The lowest BCUT2D eigenvalue weighted by atomic mass is 10.2. The first-order valence-corrected chi connectivity index (χ1v) is 7.75. The fourth-order valence-corrected chi connectivity index (χ4v) is 2.17. The van der Waals surface area contributed by atoms with Crippen molar-refractivity contribution in [2.75, 3.05) is 12.0 Å². The van der Waals surface area contributed by atoms with E-state index < -0.39 is 16.6 Å². The fraction of sp³-hybridized carbons (Fsp3) is 0.417. The van der Waals surface area contributed by atoms with Crippen LogP contribution < -0.4 is 5.73 Å². The fourth-order valence-electron chi connectivity index (χ4n) is 1.73. The molecule has 0 saturated heterocycles. The number of benzene rings is 1. The van der Waals surface area contributed by atoms with Gasteiger partial charge in [0.05, 0.1) is 5.56 Å². The molecular weight excluding hydrogens is 281 g/mol. The van der Waals surface area contributed by atoms with Crippen LogP contribution >= 0.6 is 0 Å². The summed E-state index contributed by atoms with van der Waals surface area (Å²) in [6.07, 6.45) is 2.31. The van der Waals surface area contributed by atoms with Crippen LogP contribution in [-0.2, 0) is 17.3 Å². The number of hydrogen-bond acceptors (Lipinski definition) is 5. The van der Waals surface area contributed by atoms with Crippen LogP contribution in [0.5, 0.6) is 0 Å². The average molecular weight is 297 g/mol. The SMILES string of the molecule is CC(CCn1nnnc1-c1ccc(N)cc1F)S(C)=O. The number of rotatable bonds is 5. The Morgan fingerprint density at radius 3 is 2.90 bits per heavy atom. The van der Waals surface area contributed by atoms with E-state index in [0.29, 0.717) is 30.0 Å². The highest BCUT2D eigenvalue weighted by molar-refractivity contribution is 7.84. The normalized spacial score (nSPS) is 14.2. The number of nitrogen functional groups attached to an aromatic ring is 1. The molecule has 0 bridgehead atoms. The second kappa shape index (κ2) is 6.08. The molecule has 1 heterocycles. The molecule has 0 aliphatic carbocycles. The third-order valence-corrected chi connectivity index (χ3v) is 4.45. The number of aryl methyl sites for hydroxylation is 1. The minimum Gasteiger partial charge on any atom is -0.399 e. The van der Waals surface area contributed by atoms with Crippen molar-refractivity contribution < 1.29 is 8.60 Å². The summed E-state index contributed by atoms with van der Waals surface area (Å²) >= 11 is 0. The Morgan fingerprint density at radius 2 is 2.25 bits per heavy atom. The van der Waals surface area contributed by atoms with E-state index in [2.05, 4.69) is 15.5 Å². The maximum absolute atomic E-state index is 13.9. The summed E-state index contributed by atoms with van der Waals surface area (Å²) in [5.74, 6) is -0.121. The van der Waals surface area contributed by atoms with Crippen LogP contribution in [0.25, 0.3) is 11.4 Å². The van der Waals surface area contributed by atoms with Gasteiger partial charge in [0, 0.05) is 34.5 Å². The summed E-state index contributed by atoms with van der Waals surface area (Å²) < 4.78 is 26.7. The highest BCUT2D eigenvalue weighted by atomic mass is 32.2. The maximum atomic E-state index is 13.9. The standard InChI is InChI=1S/C12H16FN5OS/c1-8(20(2)19)5-6-18-12(15-16-17-18)10-4-3-9(14)7-11(10)13/h3-4,7-8H,5-6,14H2,1-2H3. The number of hydrogen-bond donors (Lipinski definition) is 1. The molecule has 6 nitrogen and oxygen atoms in total. The monoisotopic (exact) mass is 297 g/mol. The molecule has 8 heteroatoms. The maximum Gasteiger partial charge on any atom is 0.184 e. The van der Waals surface area contributed by atoms with E-state index in [4.69, 9.17) is 5.73 Å². The van der Waals surface area contributed by atoms with Crippen LogP contribution in [0.1, 0.15) is 13.3 Å². The number of aromatic nitrogens is 4. The van der Waals surface area contributed by atoms with E-state index in [9.17, 15) is 8.60 Å². The van der Waals surface area contributed by atoms with E-state index in [-0.39, 0.29) is 5.25 Å². The molecule has 0 spiro atoms. The molecule has 1 aromatic carbocycles. The minimum atomic E-state index is -0.903. The van der Waals surface area contributed by atoms with Gasteiger partial charge in [-0.25, -0.2) is 9.07 Å². The molecule has 2 rings (SSSR count). The molecule has 0 aliphatic rings. The Labute approximate surface area is 118 Å². The molecule has 0 radical (unpaired) electrons. The van der Waals surface area contributed by atoms with Gasteiger partial charge < -0.3 is 5.73 Å². The molecule has 0 amide bonds. The quantitative estimate of drug-likeness (QED) is 0.838. The molecule has 0 fully saturated rings. The zero-order valence-corrected chi connectivity index (χ0v) is 12.1. The smallest absolute Gasteiger partial charge is 0.184 e. The minimum absolute atomic E-state index is 0.0308. The van der Waals surface area contributed by atoms with Crippen molar-refractivity contribution in [2.45, 2.75) is 25.1 Å². The first-order valence-electron chi connectivity index (χ1n) is 6.13. The van der Waals surface area contributed by atoms with Gasteiger partial charge >= 0.3 is 0 Å². The lowest BCUT2D eigenvalue weighted by Crippen LogP contribution is -2.14. The second-order valence-corrected chi connectivity index (χ2v) is 6.36. The van der Waals surface area contributed by atoms with E-state index >= 15 is 0 Å². The van der Waals surface area contributed by atoms with Gasteiger partial charge in [-0.3, -0.25) is 4.21 Å². The topological polar surface area (TPSA) is 86.7 Å². The van der Waals surface area contributed by atoms with Crippen molar-refractivity contribution in [3.05, 3.63) is 24.0 Å². The van der Waals surface area contributed by atoms with Crippen LogP contribution in [0.15, 0.2) is 18.2 Å². The Kier molecular flexibility index (Phi) is 4.43. The molecule has 108 valence electrons. The summed E-state index contributed by atoms with van der Waals surface area (Å²) in [4.78, 5) is 0. The van der Waals surface area contributed by atoms with Gasteiger partial charge in [0.25, 0.3) is 0 Å². The summed E-state index contributed by atoms with van der Waals surface area (Å²) in [5.41, 5.74) is 6.17. The van der Waals surface area contributed by atoms with E-state index in [0.717, 1.165) is 0 Å². The predicted octanol–water partition coefficient (Wildman–Crippen LogP) is 1.22. The Balaban J connectivity index is 2.22. The highest BCUT2D eigenvalue weighted by Crippen LogP contribution is 2.22. The second-order valence-electron chi connectivity index (χ2n) is 4.56. The van der Waals surface area contributed by atoms with Crippen LogP contribution in [-0.4, -0.2) is 35.9 Å². The van der Waals surface area contributed by atoms with Crippen LogP contribution in [0.3, 0.4) is 0 Å². The first-order chi connectivity index (χ1) is 9.49. The van der Waals surface area contributed by atoms with E-state index in [1.165, 1.54) is 10.7 Å². The predicted molar refractivity (Wildman–Crippen MR) is 75.8 cm³/mol. The Bertz CT molecular complexity index is 630. The molecule has 2 aromatic rings. The van der Waals surface area contributed by atoms with Crippen molar-refractivity contribution in [2.24, 2.45) is 0 Å². The number of nitrogens with two attached hydrogens (primary N) is 1. The van der Waals surface area contributed by atoms with Crippen LogP contribution in [0.2, 0.25) is 0 Å². The molecule has 1 aromatic heterocycles. The number of nitrogens with zero attached hydrogens (tertiary/aromatic N) is 4. The Morgan fingerprint density at radius 1 is 1.50 bits per heavy atom. The molecule has 0 aliphatic heterocycles. The number of halogens is 1. The zero-order chi connectivity index (χ0) is 14.7. The Hall–Kier alpha value is -1.83. The number of tetrazole rings is 1. The largest absolute Gasteiger partial charge is 0.399 e. The van der Waals surface area contributed by atoms with Gasteiger partial charge in [-0.2, -0.15) is 0 Å². The summed E-state index contributed by atoms with van der Waals surface area (Å²) in [7, 11) is -0.903. The van der Waals surface area contributed by atoms with E-state index in [1.54, 1.807) is 18.4 Å². The lowest BCUT2D eigenvalue weighted by molar-refractivity contribution is 0.553. The van der Waals surface area contributed by atoms with Crippen molar-refractivity contribution in [3.8, 4) is 11.4 Å². The van der Waals surface area contributed by atoms with E-state index in [1.807, 2.05) is 6.92 Å². The third-order valence-electron chi connectivity index (χ3n) is 3.08. The van der Waals surface area contributed by atoms with Gasteiger partial charge in [0.1, 0.15) is 5.82 Å².